The maximum Gasteiger partial charge on any atom is 0.417 e. The third-order valence-corrected chi connectivity index (χ3v) is 5.65. The molecule has 0 saturated carbocycles. The van der Waals surface area contributed by atoms with Crippen molar-refractivity contribution in [2.45, 2.75) is 25.9 Å². The highest BCUT2D eigenvalue weighted by molar-refractivity contribution is 5.55. The highest BCUT2D eigenvalue weighted by atomic mass is 19.4. The van der Waals surface area contributed by atoms with Gasteiger partial charge in [0.25, 0.3) is 0 Å². The Morgan fingerprint density at radius 2 is 2.14 bits per heavy atom. The lowest BCUT2D eigenvalue weighted by Gasteiger charge is -2.29. The van der Waals surface area contributed by atoms with Crippen LogP contribution in [0.3, 0.4) is 0 Å². The predicted molar refractivity (Wildman–Crippen MR) is 104 cm³/mol. The van der Waals surface area contributed by atoms with E-state index < -0.39 is 11.7 Å². The molecule has 7 heteroatoms. The summed E-state index contributed by atoms with van der Waals surface area (Å²) in [6, 6.07) is 5.58. The van der Waals surface area contributed by atoms with Crippen molar-refractivity contribution in [1.29, 1.82) is 5.26 Å². The summed E-state index contributed by atoms with van der Waals surface area (Å²) in [5, 5.41) is 17.8. The van der Waals surface area contributed by atoms with Crippen LogP contribution < -0.4 is 4.90 Å². The van der Waals surface area contributed by atoms with Crippen molar-refractivity contribution >= 4 is 5.69 Å². The Hall–Kier alpha value is -2.46. The molecular formula is C22H25F3N2O2. The van der Waals surface area contributed by atoms with E-state index in [9.17, 15) is 13.2 Å². The van der Waals surface area contributed by atoms with Crippen molar-refractivity contribution in [2.24, 2.45) is 17.8 Å². The van der Waals surface area contributed by atoms with E-state index in [0.717, 1.165) is 18.2 Å². The second kappa shape index (κ2) is 8.91. The van der Waals surface area contributed by atoms with Crippen LogP contribution in [0.25, 0.3) is 0 Å². The van der Waals surface area contributed by atoms with Gasteiger partial charge < -0.3 is 14.7 Å². The largest absolute Gasteiger partial charge is 0.494 e. The zero-order chi connectivity index (χ0) is 21.0. The minimum absolute atomic E-state index is 0.0957. The molecule has 1 fully saturated rings. The van der Waals surface area contributed by atoms with Crippen molar-refractivity contribution < 1.29 is 23.0 Å². The summed E-state index contributed by atoms with van der Waals surface area (Å²) in [5.41, 5.74) is -0.714. The molecule has 0 aromatic heterocycles. The molecule has 3 rings (SSSR count). The predicted octanol–water partition coefficient (Wildman–Crippen LogP) is 4.51. The van der Waals surface area contributed by atoms with Gasteiger partial charge in [0.2, 0.25) is 0 Å². The summed E-state index contributed by atoms with van der Waals surface area (Å²) in [4.78, 5) is 1.97. The van der Waals surface area contributed by atoms with Gasteiger partial charge >= 0.3 is 6.18 Å². The first-order valence-corrected chi connectivity index (χ1v) is 9.83. The van der Waals surface area contributed by atoms with Crippen LogP contribution in [0.2, 0.25) is 0 Å². The van der Waals surface area contributed by atoms with E-state index in [1.165, 1.54) is 6.07 Å². The number of hydrogen-bond acceptors (Lipinski definition) is 4. The second-order valence-electron chi connectivity index (χ2n) is 7.62. The summed E-state index contributed by atoms with van der Waals surface area (Å²) in [6.07, 6.45) is 3.10. The van der Waals surface area contributed by atoms with Crippen LogP contribution in [0.4, 0.5) is 18.9 Å². The number of nitrogens with zero attached hydrogens (tertiary/aromatic N) is 2. The van der Waals surface area contributed by atoms with Crippen LogP contribution in [0.1, 0.15) is 30.9 Å². The van der Waals surface area contributed by atoms with Gasteiger partial charge in [0.15, 0.2) is 0 Å². The third-order valence-electron chi connectivity index (χ3n) is 5.65. The molecule has 1 aliphatic heterocycles. The topological polar surface area (TPSA) is 56.5 Å². The standard InChI is InChI=1S/C22H25F3N2O2/c1-15-11-19(29-10-2-9-28)5-6-20(15)17-7-8-27(14-17)18-4-3-16(13-26)21(12-18)22(23,24)25/h3-6,11-12,15,17,20,28H,2,7-10,14H2,1H3/t15?,17-,20?/m0/s1. The summed E-state index contributed by atoms with van der Waals surface area (Å²) < 4.78 is 45.4. The number of hydrogen-bond donors (Lipinski definition) is 1. The van der Waals surface area contributed by atoms with E-state index in [4.69, 9.17) is 15.1 Å². The number of nitriles is 1. The summed E-state index contributed by atoms with van der Waals surface area (Å²) in [6.45, 7) is 4.06. The van der Waals surface area contributed by atoms with Gasteiger partial charge in [-0.3, -0.25) is 0 Å². The fourth-order valence-electron chi connectivity index (χ4n) is 4.14. The maximum absolute atomic E-state index is 13.3. The second-order valence-corrected chi connectivity index (χ2v) is 7.62. The highest BCUT2D eigenvalue weighted by Crippen LogP contribution is 2.39. The zero-order valence-corrected chi connectivity index (χ0v) is 16.3. The number of ether oxygens (including phenoxy) is 1. The summed E-state index contributed by atoms with van der Waals surface area (Å²) >= 11 is 0. The third kappa shape index (κ3) is 4.94. The lowest BCUT2D eigenvalue weighted by atomic mass is 9.79. The molecule has 1 aromatic carbocycles. The van der Waals surface area contributed by atoms with Crippen LogP contribution in [-0.2, 0) is 10.9 Å². The Morgan fingerprint density at radius 3 is 2.79 bits per heavy atom. The lowest BCUT2D eigenvalue weighted by molar-refractivity contribution is -0.137. The molecule has 1 heterocycles. The van der Waals surface area contributed by atoms with E-state index in [1.54, 1.807) is 12.1 Å². The monoisotopic (exact) mass is 406 g/mol. The molecule has 0 amide bonds. The van der Waals surface area contributed by atoms with Crippen molar-refractivity contribution in [3.63, 3.8) is 0 Å². The average Bonchev–Trinajstić information content (AvgIpc) is 3.17. The van der Waals surface area contributed by atoms with Crippen LogP contribution in [0, 0.1) is 29.1 Å². The summed E-state index contributed by atoms with van der Waals surface area (Å²) in [7, 11) is 0. The van der Waals surface area contributed by atoms with Gasteiger partial charge in [0.1, 0.15) is 5.76 Å². The van der Waals surface area contributed by atoms with Crippen molar-refractivity contribution in [3.8, 4) is 6.07 Å². The van der Waals surface area contributed by atoms with Gasteiger partial charge in [0.05, 0.1) is 23.8 Å². The Morgan fingerprint density at radius 1 is 1.34 bits per heavy atom. The van der Waals surface area contributed by atoms with E-state index >= 15 is 0 Å². The lowest BCUT2D eigenvalue weighted by Crippen LogP contribution is -2.26. The smallest absolute Gasteiger partial charge is 0.417 e. The number of halogens is 3. The molecule has 0 bridgehead atoms. The first-order valence-electron chi connectivity index (χ1n) is 9.83. The number of alkyl halides is 3. The number of aliphatic hydroxyl groups excluding tert-OH is 1. The van der Waals surface area contributed by atoms with E-state index in [2.05, 4.69) is 19.1 Å². The Labute approximate surface area is 168 Å². The van der Waals surface area contributed by atoms with Crippen LogP contribution in [-0.4, -0.2) is 31.4 Å². The van der Waals surface area contributed by atoms with Gasteiger partial charge in [-0.15, -0.1) is 0 Å². The van der Waals surface area contributed by atoms with Gasteiger partial charge in [-0.1, -0.05) is 13.0 Å². The molecular weight excluding hydrogens is 381 g/mol. The molecule has 0 radical (unpaired) electrons. The number of anilines is 1. The maximum atomic E-state index is 13.3. The van der Waals surface area contributed by atoms with Crippen molar-refractivity contribution in [3.05, 3.63) is 53.3 Å². The molecule has 1 N–H and O–H groups in total. The molecule has 1 aliphatic carbocycles. The fraction of sp³-hybridized carbons (Fsp3) is 0.500. The van der Waals surface area contributed by atoms with Gasteiger partial charge in [-0.25, -0.2) is 0 Å². The van der Waals surface area contributed by atoms with Crippen molar-refractivity contribution in [1.82, 2.24) is 0 Å². The first-order chi connectivity index (χ1) is 13.8. The Kier molecular flexibility index (Phi) is 6.53. The van der Waals surface area contributed by atoms with Crippen molar-refractivity contribution in [2.75, 3.05) is 31.2 Å². The molecule has 2 aliphatic rings. The normalized spacial score (nSPS) is 24.3. The first kappa shape index (κ1) is 21.3. The molecule has 1 saturated heterocycles. The SMILES string of the molecule is CC1C=C(OCCCO)C=CC1[C@H]1CCN(c2ccc(C#N)c(C(F)(F)F)c2)C1. The Balaban J connectivity index is 1.67. The van der Waals surface area contributed by atoms with Gasteiger partial charge in [-0.2, -0.15) is 18.4 Å². The molecule has 2 unspecified atom stereocenters. The van der Waals surface area contributed by atoms with Gasteiger partial charge in [-0.05, 0) is 54.5 Å². The van der Waals surface area contributed by atoms with E-state index in [-0.39, 0.29) is 18.1 Å². The molecule has 3 atom stereocenters. The molecule has 1 aromatic rings. The highest BCUT2D eigenvalue weighted by Gasteiger charge is 2.36. The minimum Gasteiger partial charge on any atom is -0.494 e. The molecule has 4 nitrogen and oxygen atoms in total. The van der Waals surface area contributed by atoms with E-state index in [0.29, 0.717) is 43.6 Å². The minimum atomic E-state index is -4.54. The molecule has 29 heavy (non-hydrogen) atoms. The van der Waals surface area contributed by atoms with Crippen LogP contribution in [0.15, 0.2) is 42.2 Å². The van der Waals surface area contributed by atoms with Crippen LogP contribution in [0.5, 0.6) is 0 Å². The zero-order valence-electron chi connectivity index (χ0n) is 16.3. The quantitative estimate of drug-likeness (QED) is 0.707. The average molecular weight is 406 g/mol. The van der Waals surface area contributed by atoms with Gasteiger partial charge in [0, 0.05) is 31.8 Å². The van der Waals surface area contributed by atoms with E-state index in [1.807, 2.05) is 11.0 Å². The molecule has 0 spiro atoms. The fourth-order valence-corrected chi connectivity index (χ4v) is 4.14. The number of rotatable bonds is 6. The summed E-state index contributed by atoms with van der Waals surface area (Å²) in [5.74, 6) is 1.70. The molecule has 156 valence electrons. The number of benzene rings is 1. The van der Waals surface area contributed by atoms with Crippen LogP contribution >= 0.6 is 0 Å². The Bertz CT molecular complexity index is 826. The number of allylic oxidation sites excluding steroid dienone is 3. The number of aliphatic hydroxyl groups is 1.